The van der Waals surface area contributed by atoms with E-state index in [-0.39, 0.29) is 5.69 Å². The van der Waals surface area contributed by atoms with Gasteiger partial charge in [0.1, 0.15) is 5.69 Å². The number of hydrogen-bond acceptors (Lipinski definition) is 2. The quantitative estimate of drug-likeness (QED) is 0.554. The summed E-state index contributed by atoms with van der Waals surface area (Å²) in [4.78, 5) is 14.9. The van der Waals surface area contributed by atoms with E-state index in [1.165, 1.54) is 63.4 Å². The third-order valence-electron chi connectivity index (χ3n) is 4.04. The van der Waals surface area contributed by atoms with Crippen molar-refractivity contribution in [3.63, 3.8) is 0 Å². The lowest BCUT2D eigenvalue weighted by atomic mass is 9.89. The van der Waals surface area contributed by atoms with Crippen LogP contribution in [-0.2, 0) is 0 Å². The number of aromatic carboxylic acids is 1. The molecule has 0 aliphatic carbocycles. The Morgan fingerprint density at radius 1 is 1.05 bits per heavy atom. The molecule has 0 aliphatic heterocycles. The molecule has 1 aromatic heterocycles. The SMILES string of the molecule is CCCCCCC(CCCCC)c1ccc(C(=O)O)nc1. The molecule has 0 fully saturated rings. The van der Waals surface area contributed by atoms with Gasteiger partial charge in [0.2, 0.25) is 0 Å². The number of hydrogen-bond donors (Lipinski definition) is 1. The van der Waals surface area contributed by atoms with E-state index in [2.05, 4.69) is 18.8 Å². The largest absolute Gasteiger partial charge is 0.477 e. The lowest BCUT2D eigenvalue weighted by Crippen LogP contribution is -2.04. The van der Waals surface area contributed by atoms with Crippen molar-refractivity contribution in [2.24, 2.45) is 0 Å². The number of carboxylic acids is 1. The Morgan fingerprint density at radius 3 is 2.19 bits per heavy atom. The van der Waals surface area contributed by atoms with Gasteiger partial charge in [0.05, 0.1) is 0 Å². The predicted molar refractivity (Wildman–Crippen MR) is 86.8 cm³/mol. The Morgan fingerprint density at radius 2 is 1.67 bits per heavy atom. The Hall–Kier alpha value is -1.38. The number of rotatable bonds is 11. The van der Waals surface area contributed by atoms with Gasteiger partial charge in [0, 0.05) is 6.20 Å². The first-order valence-corrected chi connectivity index (χ1v) is 8.38. The second-order valence-corrected chi connectivity index (χ2v) is 5.82. The van der Waals surface area contributed by atoms with Crippen LogP contribution in [0.3, 0.4) is 0 Å². The van der Waals surface area contributed by atoms with Crippen molar-refractivity contribution in [1.82, 2.24) is 4.98 Å². The lowest BCUT2D eigenvalue weighted by molar-refractivity contribution is 0.0690. The molecular weight excluding hydrogens is 262 g/mol. The van der Waals surface area contributed by atoms with Crippen molar-refractivity contribution >= 4 is 5.97 Å². The smallest absolute Gasteiger partial charge is 0.354 e. The Kier molecular flexibility index (Phi) is 8.72. The first-order valence-electron chi connectivity index (χ1n) is 8.38. The van der Waals surface area contributed by atoms with Gasteiger partial charge in [-0.2, -0.15) is 0 Å². The fraction of sp³-hybridized carbons (Fsp3) is 0.667. The van der Waals surface area contributed by atoms with Gasteiger partial charge in [-0.15, -0.1) is 0 Å². The summed E-state index contributed by atoms with van der Waals surface area (Å²) in [5.41, 5.74) is 1.34. The number of carbonyl (C=O) groups is 1. The number of carboxylic acid groups (broad SMARTS) is 1. The van der Waals surface area contributed by atoms with Crippen molar-refractivity contribution in [3.8, 4) is 0 Å². The molecule has 0 aromatic carbocycles. The van der Waals surface area contributed by atoms with E-state index in [9.17, 15) is 4.79 Å². The molecule has 1 heterocycles. The second-order valence-electron chi connectivity index (χ2n) is 5.82. The molecular formula is C18H29NO2. The summed E-state index contributed by atoms with van der Waals surface area (Å²) in [5, 5.41) is 8.93. The molecule has 1 aromatic rings. The van der Waals surface area contributed by atoms with Crippen LogP contribution >= 0.6 is 0 Å². The van der Waals surface area contributed by atoms with Crippen molar-refractivity contribution in [2.45, 2.75) is 77.6 Å². The zero-order valence-corrected chi connectivity index (χ0v) is 13.5. The first kappa shape index (κ1) is 17.7. The van der Waals surface area contributed by atoms with Gasteiger partial charge in [-0.3, -0.25) is 0 Å². The molecule has 1 unspecified atom stereocenters. The molecule has 0 saturated heterocycles. The molecule has 0 amide bonds. The number of pyridine rings is 1. The summed E-state index contributed by atoms with van der Waals surface area (Å²) in [5.74, 6) is -0.421. The van der Waals surface area contributed by atoms with Crippen LogP contribution in [0.25, 0.3) is 0 Å². The van der Waals surface area contributed by atoms with Crippen molar-refractivity contribution in [1.29, 1.82) is 0 Å². The van der Waals surface area contributed by atoms with Gasteiger partial charge in [-0.25, -0.2) is 9.78 Å². The molecule has 21 heavy (non-hydrogen) atoms. The van der Waals surface area contributed by atoms with Gasteiger partial charge in [0.25, 0.3) is 0 Å². The van der Waals surface area contributed by atoms with E-state index in [0.717, 1.165) is 0 Å². The van der Waals surface area contributed by atoms with Gasteiger partial charge < -0.3 is 5.11 Å². The number of nitrogens with zero attached hydrogens (tertiary/aromatic N) is 1. The summed E-state index contributed by atoms with van der Waals surface area (Å²) >= 11 is 0. The van der Waals surface area contributed by atoms with Crippen LogP contribution in [-0.4, -0.2) is 16.1 Å². The summed E-state index contributed by atoms with van der Waals surface area (Å²) in [6, 6.07) is 3.59. The molecule has 0 aliphatic rings. The van der Waals surface area contributed by atoms with Crippen LogP contribution < -0.4 is 0 Å². The Balaban J connectivity index is 2.62. The third kappa shape index (κ3) is 6.74. The molecule has 0 radical (unpaired) electrons. The van der Waals surface area contributed by atoms with E-state index in [1.807, 2.05) is 6.07 Å². The molecule has 118 valence electrons. The molecule has 0 spiro atoms. The fourth-order valence-corrected chi connectivity index (χ4v) is 2.71. The molecule has 3 nitrogen and oxygen atoms in total. The molecule has 0 bridgehead atoms. The summed E-state index contributed by atoms with van der Waals surface area (Å²) in [6.45, 7) is 4.45. The standard InChI is InChI=1S/C18H29NO2/c1-3-5-7-9-11-15(10-8-6-4-2)16-12-13-17(18(20)21)19-14-16/h12-15H,3-11H2,1-2H3,(H,20,21). The van der Waals surface area contributed by atoms with Crippen LogP contribution in [0, 0.1) is 0 Å². The van der Waals surface area contributed by atoms with Gasteiger partial charge in [-0.1, -0.05) is 64.9 Å². The van der Waals surface area contributed by atoms with E-state index in [4.69, 9.17) is 5.11 Å². The topological polar surface area (TPSA) is 50.2 Å². The highest BCUT2D eigenvalue weighted by atomic mass is 16.4. The highest BCUT2D eigenvalue weighted by molar-refractivity contribution is 5.85. The molecule has 3 heteroatoms. The van der Waals surface area contributed by atoms with Gasteiger partial charge in [0.15, 0.2) is 0 Å². The molecule has 1 atom stereocenters. The Labute approximate surface area is 128 Å². The average molecular weight is 291 g/mol. The summed E-state index contributed by atoms with van der Waals surface area (Å²) in [6.07, 6.45) is 13.0. The molecule has 1 rings (SSSR count). The first-order chi connectivity index (χ1) is 10.2. The van der Waals surface area contributed by atoms with E-state index in [0.29, 0.717) is 5.92 Å². The zero-order valence-electron chi connectivity index (χ0n) is 13.5. The third-order valence-corrected chi connectivity index (χ3v) is 4.04. The number of unbranched alkanes of at least 4 members (excludes halogenated alkanes) is 5. The van der Waals surface area contributed by atoms with Crippen LogP contribution in [0.5, 0.6) is 0 Å². The zero-order chi connectivity index (χ0) is 15.5. The maximum absolute atomic E-state index is 10.9. The maximum atomic E-state index is 10.9. The van der Waals surface area contributed by atoms with E-state index in [1.54, 1.807) is 12.3 Å². The molecule has 0 saturated carbocycles. The predicted octanol–water partition coefficient (Wildman–Crippen LogP) is 5.41. The van der Waals surface area contributed by atoms with E-state index < -0.39 is 5.97 Å². The highest BCUT2D eigenvalue weighted by Gasteiger charge is 2.13. The van der Waals surface area contributed by atoms with E-state index >= 15 is 0 Å². The van der Waals surface area contributed by atoms with Crippen LogP contribution in [0.15, 0.2) is 18.3 Å². The highest BCUT2D eigenvalue weighted by Crippen LogP contribution is 2.28. The van der Waals surface area contributed by atoms with Crippen molar-refractivity contribution in [2.75, 3.05) is 0 Å². The maximum Gasteiger partial charge on any atom is 0.354 e. The van der Waals surface area contributed by atoms with Gasteiger partial charge in [-0.05, 0) is 30.4 Å². The summed E-state index contributed by atoms with van der Waals surface area (Å²) < 4.78 is 0. The van der Waals surface area contributed by atoms with Crippen LogP contribution in [0.2, 0.25) is 0 Å². The number of aromatic nitrogens is 1. The van der Waals surface area contributed by atoms with Crippen LogP contribution in [0.1, 0.15) is 93.6 Å². The minimum Gasteiger partial charge on any atom is -0.477 e. The minimum atomic E-state index is -0.952. The Bertz CT molecular complexity index is 400. The fourth-order valence-electron chi connectivity index (χ4n) is 2.71. The van der Waals surface area contributed by atoms with Gasteiger partial charge >= 0.3 is 5.97 Å². The normalized spacial score (nSPS) is 12.3. The van der Waals surface area contributed by atoms with Crippen molar-refractivity contribution in [3.05, 3.63) is 29.6 Å². The minimum absolute atomic E-state index is 0.136. The average Bonchev–Trinajstić information content (AvgIpc) is 2.50. The monoisotopic (exact) mass is 291 g/mol. The second kappa shape index (κ2) is 10.4. The lowest BCUT2D eigenvalue weighted by Gasteiger charge is -2.17. The van der Waals surface area contributed by atoms with Crippen LogP contribution in [0.4, 0.5) is 0 Å². The summed E-state index contributed by atoms with van der Waals surface area (Å²) in [7, 11) is 0. The molecule has 1 N–H and O–H groups in total. The van der Waals surface area contributed by atoms with Crippen molar-refractivity contribution < 1.29 is 9.90 Å².